The van der Waals surface area contributed by atoms with Crippen LogP contribution < -0.4 is 4.90 Å². The Morgan fingerprint density at radius 3 is 2.67 bits per heavy atom. The van der Waals surface area contributed by atoms with Gasteiger partial charge >= 0.3 is 0 Å². The summed E-state index contributed by atoms with van der Waals surface area (Å²) in [6, 6.07) is 11.2. The van der Waals surface area contributed by atoms with Crippen LogP contribution in [0, 0.1) is 0 Å². The molecule has 0 amide bonds. The summed E-state index contributed by atoms with van der Waals surface area (Å²) in [5.74, 6) is 1.09. The van der Waals surface area contributed by atoms with Crippen LogP contribution in [0.25, 0.3) is 10.9 Å². The van der Waals surface area contributed by atoms with E-state index in [0.29, 0.717) is 6.04 Å². The van der Waals surface area contributed by atoms with Gasteiger partial charge in [0.15, 0.2) is 0 Å². The molecule has 0 spiro atoms. The van der Waals surface area contributed by atoms with E-state index in [4.69, 9.17) is 9.72 Å². The second-order valence-electron chi connectivity index (χ2n) is 5.71. The molecule has 0 saturated carbocycles. The van der Waals surface area contributed by atoms with Crippen molar-refractivity contribution in [3.05, 3.63) is 34.8 Å². The smallest absolute Gasteiger partial charge is 0.129 e. The van der Waals surface area contributed by atoms with Gasteiger partial charge in [-0.2, -0.15) is 0 Å². The van der Waals surface area contributed by atoms with Crippen molar-refractivity contribution in [2.24, 2.45) is 0 Å². The van der Waals surface area contributed by atoms with Crippen LogP contribution in [0.4, 0.5) is 5.82 Å². The van der Waals surface area contributed by atoms with Crippen LogP contribution in [0.1, 0.15) is 0 Å². The summed E-state index contributed by atoms with van der Waals surface area (Å²) < 4.78 is 6.50. The minimum absolute atomic E-state index is 0.661. The molecule has 4 nitrogen and oxygen atoms in total. The molecule has 2 aromatic rings. The van der Waals surface area contributed by atoms with E-state index in [2.05, 4.69) is 56.1 Å². The molecule has 2 saturated heterocycles. The lowest BCUT2D eigenvalue weighted by atomic mass is 10.1. The summed E-state index contributed by atoms with van der Waals surface area (Å²) in [7, 11) is 0. The Morgan fingerprint density at radius 1 is 1.10 bits per heavy atom. The van der Waals surface area contributed by atoms with Crippen molar-refractivity contribution < 1.29 is 4.74 Å². The van der Waals surface area contributed by atoms with E-state index in [0.717, 1.165) is 55.2 Å². The number of hydrogen-bond acceptors (Lipinski definition) is 4. The minimum Gasteiger partial charge on any atom is -0.379 e. The summed E-state index contributed by atoms with van der Waals surface area (Å²) in [5, 5.41) is 1.19. The maximum Gasteiger partial charge on any atom is 0.129 e. The minimum atomic E-state index is 0.661. The van der Waals surface area contributed by atoms with Gasteiger partial charge in [-0.05, 0) is 24.3 Å². The Hall–Kier alpha value is -1.17. The summed E-state index contributed by atoms with van der Waals surface area (Å²) >= 11 is 3.51. The second kappa shape index (κ2) is 5.55. The molecule has 2 fully saturated rings. The van der Waals surface area contributed by atoms with E-state index < -0.39 is 0 Å². The van der Waals surface area contributed by atoms with Gasteiger partial charge in [-0.3, -0.25) is 4.90 Å². The average molecular weight is 348 g/mol. The highest BCUT2D eigenvalue weighted by atomic mass is 79.9. The van der Waals surface area contributed by atoms with Gasteiger partial charge in [-0.1, -0.05) is 22.0 Å². The third-order valence-corrected chi connectivity index (χ3v) is 4.88. The fraction of sp³-hybridized carbons (Fsp3) is 0.438. The molecule has 2 aliphatic rings. The van der Waals surface area contributed by atoms with Crippen LogP contribution in [0.2, 0.25) is 0 Å². The first-order valence-electron chi connectivity index (χ1n) is 7.43. The Morgan fingerprint density at radius 2 is 1.86 bits per heavy atom. The lowest BCUT2D eigenvalue weighted by Gasteiger charge is -2.47. The van der Waals surface area contributed by atoms with Crippen LogP contribution in [-0.2, 0) is 4.74 Å². The molecule has 0 unspecified atom stereocenters. The zero-order chi connectivity index (χ0) is 14.2. The zero-order valence-corrected chi connectivity index (χ0v) is 13.4. The standard InChI is InChI=1S/C16H18BrN3O/c17-13-3-1-12-2-4-16(18-15(12)9-13)20-10-14(11-20)19-5-7-21-8-6-19/h1-4,9,14H,5-8,10-11H2. The Balaban J connectivity index is 1.48. The third kappa shape index (κ3) is 2.65. The highest BCUT2D eigenvalue weighted by Crippen LogP contribution is 2.26. The van der Waals surface area contributed by atoms with Crippen LogP contribution in [0.15, 0.2) is 34.8 Å². The van der Waals surface area contributed by atoms with Crippen LogP contribution in [0.5, 0.6) is 0 Å². The van der Waals surface area contributed by atoms with E-state index in [9.17, 15) is 0 Å². The number of halogens is 1. The normalized spacial score (nSPS) is 20.7. The van der Waals surface area contributed by atoms with E-state index >= 15 is 0 Å². The lowest BCUT2D eigenvalue weighted by Crippen LogP contribution is -2.61. The number of aromatic nitrogens is 1. The Bertz CT molecular complexity index is 651. The predicted octanol–water partition coefficient (Wildman–Crippen LogP) is 2.52. The summed E-state index contributed by atoms with van der Waals surface area (Å²) in [6.07, 6.45) is 0. The number of rotatable bonds is 2. The first-order valence-corrected chi connectivity index (χ1v) is 8.22. The first kappa shape index (κ1) is 13.5. The summed E-state index contributed by atoms with van der Waals surface area (Å²) in [5.41, 5.74) is 1.05. The van der Waals surface area contributed by atoms with Crippen molar-refractivity contribution in [2.75, 3.05) is 44.3 Å². The topological polar surface area (TPSA) is 28.6 Å². The van der Waals surface area contributed by atoms with E-state index in [1.54, 1.807) is 0 Å². The van der Waals surface area contributed by atoms with Gasteiger partial charge in [0.2, 0.25) is 0 Å². The number of benzene rings is 1. The fourth-order valence-corrected chi connectivity index (χ4v) is 3.42. The molecular formula is C16H18BrN3O. The maximum atomic E-state index is 5.42. The molecule has 0 radical (unpaired) electrons. The Labute approximate surface area is 132 Å². The van der Waals surface area contributed by atoms with Crippen molar-refractivity contribution in [3.8, 4) is 0 Å². The monoisotopic (exact) mass is 347 g/mol. The van der Waals surface area contributed by atoms with Crippen LogP contribution in [0.3, 0.4) is 0 Å². The highest BCUT2D eigenvalue weighted by molar-refractivity contribution is 9.10. The molecule has 0 aliphatic carbocycles. The lowest BCUT2D eigenvalue weighted by molar-refractivity contribution is 0.0104. The second-order valence-corrected chi connectivity index (χ2v) is 6.63. The number of morpholine rings is 1. The number of pyridine rings is 1. The first-order chi connectivity index (χ1) is 10.3. The Kier molecular flexibility index (Phi) is 3.57. The van der Waals surface area contributed by atoms with E-state index in [1.807, 2.05) is 0 Å². The van der Waals surface area contributed by atoms with Crippen molar-refractivity contribution in [3.63, 3.8) is 0 Å². The zero-order valence-electron chi connectivity index (χ0n) is 11.8. The van der Waals surface area contributed by atoms with Gasteiger partial charge in [0.1, 0.15) is 5.82 Å². The van der Waals surface area contributed by atoms with Crippen molar-refractivity contribution >= 4 is 32.7 Å². The molecule has 110 valence electrons. The number of fused-ring (bicyclic) bond motifs is 1. The van der Waals surface area contributed by atoms with Gasteiger partial charge < -0.3 is 9.64 Å². The van der Waals surface area contributed by atoms with Gasteiger partial charge in [-0.25, -0.2) is 4.98 Å². The quantitative estimate of drug-likeness (QED) is 0.834. The van der Waals surface area contributed by atoms with Crippen molar-refractivity contribution in [1.82, 2.24) is 9.88 Å². The van der Waals surface area contributed by atoms with Crippen LogP contribution in [-0.4, -0.2) is 55.3 Å². The molecule has 0 bridgehead atoms. The van der Waals surface area contributed by atoms with Gasteiger partial charge in [0, 0.05) is 42.1 Å². The molecular weight excluding hydrogens is 330 g/mol. The molecule has 0 atom stereocenters. The molecule has 1 aromatic carbocycles. The molecule has 4 rings (SSSR count). The molecule has 0 N–H and O–H groups in total. The molecule has 1 aromatic heterocycles. The number of nitrogens with zero attached hydrogens (tertiary/aromatic N) is 3. The molecule has 21 heavy (non-hydrogen) atoms. The number of anilines is 1. The predicted molar refractivity (Wildman–Crippen MR) is 87.8 cm³/mol. The van der Waals surface area contributed by atoms with Crippen LogP contribution >= 0.6 is 15.9 Å². The SMILES string of the molecule is Brc1ccc2ccc(N3CC(N4CCOCC4)C3)nc2c1. The number of hydrogen-bond donors (Lipinski definition) is 0. The van der Waals surface area contributed by atoms with Gasteiger partial charge in [-0.15, -0.1) is 0 Å². The fourth-order valence-electron chi connectivity index (χ4n) is 3.07. The third-order valence-electron chi connectivity index (χ3n) is 4.39. The summed E-state index contributed by atoms with van der Waals surface area (Å²) in [6.45, 7) is 6.03. The van der Waals surface area contributed by atoms with Gasteiger partial charge in [0.25, 0.3) is 0 Å². The van der Waals surface area contributed by atoms with Crippen molar-refractivity contribution in [2.45, 2.75) is 6.04 Å². The van der Waals surface area contributed by atoms with E-state index in [-0.39, 0.29) is 0 Å². The molecule has 2 aliphatic heterocycles. The van der Waals surface area contributed by atoms with E-state index in [1.165, 1.54) is 5.39 Å². The summed E-state index contributed by atoms with van der Waals surface area (Å²) in [4.78, 5) is 9.69. The van der Waals surface area contributed by atoms with Crippen molar-refractivity contribution in [1.29, 1.82) is 0 Å². The largest absolute Gasteiger partial charge is 0.379 e. The number of ether oxygens (including phenoxy) is 1. The molecule has 3 heterocycles. The van der Waals surface area contributed by atoms with Gasteiger partial charge in [0.05, 0.1) is 18.7 Å². The molecule has 5 heteroatoms. The average Bonchev–Trinajstić information content (AvgIpc) is 2.46. The maximum absolute atomic E-state index is 5.42. The highest BCUT2D eigenvalue weighted by Gasteiger charge is 2.33.